The summed E-state index contributed by atoms with van der Waals surface area (Å²) in [6.07, 6.45) is 1.84. The van der Waals surface area contributed by atoms with Crippen LogP contribution in [0.15, 0.2) is 24.4 Å². The monoisotopic (exact) mass is 174 g/mol. The van der Waals surface area contributed by atoms with Crippen LogP contribution < -0.4 is 0 Å². The van der Waals surface area contributed by atoms with E-state index in [9.17, 15) is 0 Å². The molecule has 0 bridgehead atoms. The lowest BCUT2D eigenvalue weighted by Crippen LogP contribution is -2.02. The van der Waals surface area contributed by atoms with E-state index < -0.39 is 0 Å². The minimum Gasteiger partial charge on any atom is -0.365 e. The maximum Gasteiger partial charge on any atom is 0.116 e. The van der Waals surface area contributed by atoms with Gasteiger partial charge in [-0.3, -0.25) is 5.10 Å². The van der Waals surface area contributed by atoms with Gasteiger partial charge in [0.05, 0.1) is 18.3 Å². The fourth-order valence-electron chi connectivity index (χ4n) is 1.67. The molecule has 2 heterocycles. The maximum absolute atomic E-state index is 5.41. The van der Waals surface area contributed by atoms with E-state index in [0.717, 1.165) is 17.5 Å². The molecule has 0 aliphatic carbocycles. The van der Waals surface area contributed by atoms with Crippen molar-refractivity contribution in [2.75, 3.05) is 6.61 Å². The first-order valence-corrected chi connectivity index (χ1v) is 4.36. The van der Waals surface area contributed by atoms with Crippen LogP contribution >= 0.6 is 0 Å². The number of aromatic nitrogens is 2. The van der Waals surface area contributed by atoms with Gasteiger partial charge in [-0.25, -0.2) is 0 Å². The van der Waals surface area contributed by atoms with Crippen LogP contribution in [0, 0.1) is 0 Å². The first-order valence-electron chi connectivity index (χ1n) is 4.36. The molecule has 0 radical (unpaired) electrons. The van der Waals surface area contributed by atoms with E-state index in [0.29, 0.717) is 0 Å². The second-order valence-electron chi connectivity index (χ2n) is 3.66. The van der Waals surface area contributed by atoms with Crippen molar-refractivity contribution in [2.24, 2.45) is 0 Å². The second-order valence-corrected chi connectivity index (χ2v) is 3.66. The molecule has 3 heteroatoms. The Kier molecular flexibility index (Phi) is 1.15. The minimum atomic E-state index is -0.0773. The molecule has 1 unspecified atom stereocenters. The topological polar surface area (TPSA) is 41.2 Å². The van der Waals surface area contributed by atoms with E-state index >= 15 is 0 Å². The number of para-hydroxylation sites is 1. The number of aromatic amines is 1. The molecule has 1 saturated heterocycles. The van der Waals surface area contributed by atoms with E-state index in [2.05, 4.69) is 23.2 Å². The van der Waals surface area contributed by atoms with E-state index in [4.69, 9.17) is 4.74 Å². The van der Waals surface area contributed by atoms with Gasteiger partial charge in [-0.2, -0.15) is 5.10 Å². The highest BCUT2D eigenvalue weighted by Crippen LogP contribution is 2.40. The van der Waals surface area contributed by atoms with Crippen molar-refractivity contribution in [2.45, 2.75) is 12.5 Å². The fraction of sp³-hybridized carbons (Fsp3) is 0.300. The fourth-order valence-corrected chi connectivity index (χ4v) is 1.67. The summed E-state index contributed by atoms with van der Waals surface area (Å²) in [5, 5.41) is 8.17. The Hall–Kier alpha value is -1.35. The molecular weight excluding hydrogens is 164 g/mol. The highest BCUT2D eigenvalue weighted by atomic mass is 16.6. The predicted octanol–water partition coefficient (Wildman–Crippen LogP) is 1.81. The van der Waals surface area contributed by atoms with E-state index in [1.165, 1.54) is 5.56 Å². The number of benzene rings is 1. The zero-order valence-electron chi connectivity index (χ0n) is 7.37. The van der Waals surface area contributed by atoms with Gasteiger partial charge < -0.3 is 4.74 Å². The lowest BCUT2D eigenvalue weighted by Gasteiger charge is -2.05. The van der Waals surface area contributed by atoms with E-state index in [1.807, 2.05) is 18.3 Å². The lowest BCUT2D eigenvalue weighted by molar-refractivity contribution is 0.331. The largest absolute Gasteiger partial charge is 0.365 e. The van der Waals surface area contributed by atoms with Crippen molar-refractivity contribution >= 4 is 10.9 Å². The summed E-state index contributed by atoms with van der Waals surface area (Å²) in [6, 6.07) is 6.18. The summed E-state index contributed by atoms with van der Waals surface area (Å²) < 4.78 is 5.41. The predicted molar refractivity (Wildman–Crippen MR) is 49.4 cm³/mol. The van der Waals surface area contributed by atoms with Crippen molar-refractivity contribution in [3.05, 3.63) is 30.0 Å². The molecule has 0 saturated carbocycles. The van der Waals surface area contributed by atoms with Crippen LogP contribution in [0.2, 0.25) is 0 Å². The maximum atomic E-state index is 5.41. The van der Waals surface area contributed by atoms with Crippen LogP contribution in [0.5, 0.6) is 0 Å². The summed E-state index contributed by atoms with van der Waals surface area (Å²) in [5.74, 6) is 0. The third-order valence-corrected chi connectivity index (χ3v) is 2.62. The number of hydrogen-bond donors (Lipinski definition) is 1. The third-order valence-electron chi connectivity index (χ3n) is 2.62. The van der Waals surface area contributed by atoms with Gasteiger partial charge in [0.1, 0.15) is 5.60 Å². The summed E-state index contributed by atoms with van der Waals surface area (Å²) in [4.78, 5) is 0. The average Bonchev–Trinajstić information content (AvgIpc) is 2.72. The molecule has 1 aliphatic rings. The van der Waals surface area contributed by atoms with E-state index in [1.54, 1.807) is 0 Å². The summed E-state index contributed by atoms with van der Waals surface area (Å²) in [6.45, 7) is 2.91. The number of ether oxygens (including phenoxy) is 1. The Labute approximate surface area is 75.7 Å². The molecule has 1 aliphatic heterocycles. The molecule has 1 N–H and O–H groups in total. The van der Waals surface area contributed by atoms with Gasteiger partial charge in [-0.15, -0.1) is 0 Å². The Morgan fingerprint density at radius 1 is 1.54 bits per heavy atom. The normalized spacial score (nSPS) is 26.5. The molecule has 3 nitrogen and oxygen atoms in total. The number of nitrogens with one attached hydrogen (secondary N) is 1. The number of fused-ring (bicyclic) bond motifs is 1. The number of nitrogens with zero attached hydrogens (tertiary/aromatic N) is 1. The van der Waals surface area contributed by atoms with Crippen LogP contribution in [0.3, 0.4) is 0 Å². The third kappa shape index (κ3) is 0.906. The highest BCUT2D eigenvalue weighted by molar-refractivity contribution is 5.82. The summed E-state index contributed by atoms with van der Waals surface area (Å²) >= 11 is 0. The molecule has 1 fully saturated rings. The summed E-state index contributed by atoms with van der Waals surface area (Å²) in [5.41, 5.74) is 2.23. The molecule has 1 atom stereocenters. The van der Waals surface area contributed by atoms with Gasteiger partial charge in [0.15, 0.2) is 0 Å². The molecule has 2 aromatic rings. The van der Waals surface area contributed by atoms with Gasteiger partial charge in [-0.05, 0) is 6.92 Å². The van der Waals surface area contributed by atoms with Crippen molar-refractivity contribution in [1.29, 1.82) is 0 Å². The Morgan fingerprint density at radius 3 is 3.15 bits per heavy atom. The number of H-pyrrole nitrogens is 1. The lowest BCUT2D eigenvalue weighted by atomic mass is 10.00. The van der Waals surface area contributed by atoms with Crippen LogP contribution in [0.25, 0.3) is 10.9 Å². The van der Waals surface area contributed by atoms with E-state index in [-0.39, 0.29) is 5.60 Å². The number of hydrogen-bond acceptors (Lipinski definition) is 2. The van der Waals surface area contributed by atoms with Gasteiger partial charge in [0.25, 0.3) is 0 Å². The minimum absolute atomic E-state index is 0.0773. The van der Waals surface area contributed by atoms with Gasteiger partial charge in [0, 0.05) is 10.9 Å². The quantitative estimate of drug-likeness (QED) is 0.670. The molecule has 0 spiro atoms. The zero-order valence-corrected chi connectivity index (χ0v) is 7.37. The molecule has 1 aromatic heterocycles. The zero-order chi connectivity index (χ0) is 8.89. The van der Waals surface area contributed by atoms with Crippen molar-refractivity contribution in [3.8, 4) is 0 Å². The van der Waals surface area contributed by atoms with Crippen molar-refractivity contribution < 1.29 is 4.74 Å². The summed E-state index contributed by atoms with van der Waals surface area (Å²) in [7, 11) is 0. The van der Waals surface area contributed by atoms with Crippen LogP contribution in [-0.4, -0.2) is 16.8 Å². The molecule has 66 valence electrons. The van der Waals surface area contributed by atoms with Crippen molar-refractivity contribution in [1.82, 2.24) is 10.2 Å². The Balaban J connectivity index is 2.33. The molecule has 3 rings (SSSR count). The molecular formula is C10H10N2O. The van der Waals surface area contributed by atoms with Gasteiger partial charge in [0.2, 0.25) is 0 Å². The van der Waals surface area contributed by atoms with Crippen LogP contribution in [0.4, 0.5) is 0 Å². The van der Waals surface area contributed by atoms with Crippen LogP contribution in [-0.2, 0) is 10.3 Å². The Bertz CT molecular complexity index is 457. The second kappa shape index (κ2) is 2.12. The highest BCUT2D eigenvalue weighted by Gasteiger charge is 2.42. The van der Waals surface area contributed by atoms with Crippen molar-refractivity contribution in [3.63, 3.8) is 0 Å². The first-order chi connectivity index (χ1) is 6.30. The molecule has 1 aromatic carbocycles. The van der Waals surface area contributed by atoms with Gasteiger partial charge >= 0.3 is 0 Å². The first kappa shape index (κ1) is 7.09. The SMILES string of the molecule is CC1(c2cccc3cn[nH]c23)CO1. The average molecular weight is 174 g/mol. The smallest absolute Gasteiger partial charge is 0.116 e. The molecule has 13 heavy (non-hydrogen) atoms. The standard InChI is InChI=1S/C10H10N2O/c1-10(6-13-10)8-4-2-3-7-5-11-12-9(7)8/h2-5H,6H2,1H3,(H,11,12). The number of rotatable bonds is 1. The Morgan fingerprint density at radius 2 is 2.38 bits per heavy atom. The van der Waals surface area contributed by atoms with Gasteiger partial charge in [-0.1, -0.05) is 18.2 Å². The van der Waals surface area contributed by atoms with Crippen LogP contribution in [0.1, 0.15) is 12.5 Å². The molecule has 0 amide bonds. The number of epoxide rings is 1.